The molecule has 1 atom stereocenters. The first-order valence-electron chi connectivity index (χ1n) is 7.97. The Kier molecular flexibility index (Phi) is 3.13. The molecule has 22 heavy (non-hydrogen) atoms. The van der Waals surface area contributed by atoms with Crippen molar-refractivity contribution in [2.45, 2.75) is 38.3 Å². The fraction of sp³-hybridized carbons (Fsp3) is 0.625. The molecule has 4 rings (SSSR count). The van der Waals surface area contributed by atoms with Crippen LogP contribution in [0.4, 0.5) is 0 Å². The van der Waals surface area contributed by atoms with Gasteiger partial charge in [-0.25, -0.2) is 0 Å². The van der Waals surface area contributed by atoms with Gasteiger partial charge in [-0.2, -0.15) is 0 Å². The van der Waals surface area contributed by atoms with Crippen LogP contribution in [0, 0.1) is 5.41 Å². The van der Waals surface area contributed by atoms with Crippen LogP contribution in [-0.4, -0.2) is 41.5 Å². The van der Waals surface area contributed by atoms with Crippen molar-refractivity contribution in [1.29, 1.82) is 0 Å². The highest BCUT2D eigenvalue weighted by Crippen LogP contribution is 2.47. The molecule has 2 aliphatic heterocycles. The second kappa shape index (κ2) is 4.93. The number of H-pyrrole nitrogens is 1. The zero-order valence-corrected chi connectivity index (χ0v) is 12.6. The molecule has 6 heteroatoms. The number of hydrogen-bond acceptors (Lipinski definition) is 4. The molecule has 1 aromatic heterocycles. The third kappa shape index (κ3) is 2.01. The monoisotopic (exact) mass is 303 g/mol. The molecule has 3 aliphatic rings. The van der Waals surface area contributed by atoms with E-state index in [-0.39, 0.29) is 28.5 Å². The van der Waals surface area contributed by atoms with E-state index >= 15 is 0 Å². The lowest BCUT2D eigenvalue weighted by Gasteiger charge is -2.41. The molecule has 1 aromatic rings. The Morgan fingerprint density at radius 1 is 1.45 bits per heavy atom. The molecule has 0 aromatic carbocycles. The number of pyridine rings is 1. The van der Waals surface area contributed by atoms with Crippen LogP contribution in [-0.2, 0) is 17.8 Å². The number of nitrogens with two attached hydrogens (primary N) is 1. The number of carbonyl (C=O) groups is 1. The van der Waals surface area contributed by atoms with E-state index in [0.29, 0.717) is 32.7 Å². The lowest BCUT2D eigenvalue weighted by molar-refractivity contribution is 0.0723. The van der Waals surface area contributed by atoms with Gasteiger partial charge in [0, 0.05) is 36.7 Å². The van der Waals surface area contributed by atoms with Crippen LogP contribution in [0.2, 0.25) is 0 Å². The van der Waals surface area contributed by atoms with Crippen molar-refractivity contribution in [3.8, 4) is 0 Å². The van der Waals surface area contributed by atoms with Crippen molar-refractivity contribution in [1.82, 2.24) is 9.88 Å². The number of carbonyl (C=O) groups excluding carboxylic acids is 1. The average molecular weight is 303 g/mol. The first kappa shape index (κ1) is 14.0. The SMILES string of the molecule is NC1CN(C(=O)c2cc3c([nH]c2=O)CCOC3)CC12CCC2. The minimum absolute atomic E-state index is 0.0326. The van der Waals surface area contributed by atoms with Crippen molar-refractivity contribution in [2.75, 3.05) is 19.7 Å². The number of aromatic amines is 1. The molecule has 6 nitrogen and oxygen atoms in total. The summed E-state index contributed by atoms with van der Waals surface area (Å²) in [4.78, 5) is 29.6. The highest BCUT2D eigenvalue weighted by molar-refractivity contribution is 5.94. The number of ether oxygens (including phenoxy) is 1. The zero-order valence-electron chi connectivity index (χ0n) is 12.6. The predicted molar refractivity (Wildman–Crippen MR) is 80.6 cm³/mol. The maximum atomic E-state index is 12.7. The smallest absolute Gasteiger partial charge is 0.261 e. The first-order chi connectivity index (χ1) is 10.6. The van der Waals surface area contributed by atoms with Crippen LogP contribution >= 0.6 is 0 Å². The molecule has 2 fully saturated rings. The topological polar surface area (TPSA) is 88.4 Å². The standard InChI is InChI=1S/C16H21N3O3/c17-13-7-19(9-16(13)3-1-4-16)15(21)11-6-10-8-22-5-2-12(10)18-14(11)20/h6,13H,1-5,7-9,17H2,(H,18,20). The Balaban J connectivity index is 1.62. The molecule has 1 unspecified atom stereocenters. The fourth-order valence-corrected chi connectivity index (χ4v) is 3.96. The van der Waals surface area contributed by atoms with Gasteiger partial charge in [0.2, 0.25) is 0 Å². The molecule has 3 heterocycles. The highest BCUT2D eigenvalue weighted by atomic mass is 16.5. The molecule has 118 valence electrons. The number of nitrogens with zero attached hydrogens (tertiary/aromatic N) is 1. The van der Waals surface area contributed by atoms with Gasteiger partial charge in [-0.1, -0.05) is 6.42 Å². The summed E-state index contributed by atoms with van der Waals surface area (Å²) in [6.07, 6.45) is 4.06. The van der Waals surface area contributed by atoms with Crippen molar-refractivity contribution in [3.05, 3.63) is 33.2 Å². The van der Waals surface area contributed by atoms with Crippen molar-refractivity contribution < 1.29 is 9.53 Å². The molecule has 1 amide bonds. The largest absolute Gasteiger partial charge is 0.376 e. The van der Waals surface area contributed by atoms with Gasteiger partial charge in [0.25, 0.3) is 11.5 Å². The summed E-state index contributed by atoms with van der Waals surface area (Å²) in [7, 11) is 0. The quantitative estimate of drug-likeness (QED) is 0.786. The molecule has 1 saturated carbocycles. The zero-order chi connectivity index (χ0) is 15.3. The Morgan fingerprint density at radius 2 is 2.27 bits per heavy atom. The van der Waals surface area contributed by atoms with E-state index in [0.717, 1.165) is 24.1 Å². The number of aromatic nitrogens is 1. The second-order valence-electron chi connectivity index (χ2n) is 6.83. The molecule has 0 radical (unpaired) electrons. The van der Waals surface area contributed by atoms with Crippen molar-refractivity contribution in [2.24, 2.45) is 11.1 Å². The fourth-order valence-electron chi connectivity index (χ4n) is 3.96. The minimum Gasteiger partial charge on any atom is -0.376 e. The average Bonchev–Trinajstić information content (AvgIpc) is 2.83. The number of fused-ring (bicyclic) bond motifs is 1. The minimum atomic E-state index is -0.297. The lowest BCUT2D eigenvalue weighted by Crippen LogP contribution is -2.45. The molecular weight excluding hydrogens is 282 g/mol. The number of amides is 1. The normalized spacial score (nSPS) is 25.9. The van der Waals surface area contributed by atoms with Crippen LogP contribution in [0.1, 0.15) is 40.9 Å². The first-order valence-corrected chi connectivity index (χ1v) is 7.97. The maximum absolute atomic E-state index is 12.7. The summed E-state index contributed by atoms with van der Waals surface area (Å²) in [6.45, 7) is 2.29. The van der Waals surface area contributed by atoms with E-state index in [2.05, 4.69) is 4.98 Å². The molecule has 1 saturated heterocycles. The van der Waals surface area contributed by atoms with Gasteiger partial charge in [-0.15, -0.1) is 0 Å². The van der Waals surface area contributed by atoms with Gasteiger partial charge in [-0.05, 0) is 24.5 Å². The van der Waals surface area contributed by atoms with E-state index in [4.69, 9.17) is 10.5 Å². The number of likely N-dealkylation sites (tertiary alicyclic amines) is 1. The lowest BCUT2D eigenvalue weighted by atomic mass is 9.66. The summed E-state index contributed by atoms with van der Waals surface area (Å²) in [5.41, 5.74) is 8.05. The van der Waals surface area contributed by atoms with Crippen molar-refractivity contribution >= 4 is 5.91 Å². The van der Waals surface area contributed by atoms with Gasteiger partial charge >= 0.3 is 0 Å². The number of nitrogens with one attached hydrogen (secondary N) is 1. The van der Waals surface area contributed by atoms with Crippen LogP contribution in [0.3, 0.4) is 0 Å². The van der Waals surface area contributed by atoms with Crippen LogP contribution in [0.15, 0.2) is 10.9 Å². The number of hydrogen-bond donors (Lipinski definition) is 2. The van der Waals surface area contributed by atoms with Crippen molar-refractivity contribution in [3.63, 3.8) is 0 Å². The maximum Gasteiger partial charge on any atom is 0.261 e. The van der Waals surface area contributed by atoms with Crippen LogP contribution in [0.25, 0.3) is 0 Å². The summed E-state index contributed by atoms with van der Waals surface area (Å²) >= 11 is 0. The summed E-state index contributed by atoms with van der Waals surface area (Å²) in [5, 5.41) is 0. The van der Waals surface area contributed by atoms with Gasteiger partial charge < -0.3 is 20.4 Å². The molecule has 0 bridgehead atoms. The van der Waals surface area contributed by atoms with E-state index in [1.165, 1.54) is 6.42 Å². The summed E-state index contributed by atoms with van der Waals surface area (Å²) < 4.78 is 5.41. The third-order valence-electron chi connectivity index (χ3n) is 5.55. The second-order valence-corrected chi connectivity index (χ2v) is 6.83. The Labute approximate surface area is 128 Å². The van der Waals surface area contributed by atoms with Gasteiger partial charge in [0.15, 0.2) is 0 Å². The molecular formula is C16H21N3O3. The van der Waals surface area contributed by atoms with E-state index in [1.807, 2.05) is 0 Å². The predicted octanol–water partition coefficient (Wildman–Crippen LogP) is 0.401. The number of rotatable bonds is 1. The highest BCUT2D eigenvalue weighted by Gasteiger charge is 2.50. The van der Waals surface area contributed by atoms with Gasteiger partial charge in [0.1, 0.15) is 5.56 Å². The molecule has 1 aliphatic carbocycles. The van der Waals surface area contributed by atoms with E-state index < -0.39 is 0 Å². The Hall–Kier alpha value is -1.66. The third-order valence-corrected chi connectivity index (χ3v) is 5.55. The van der Waals surface area contributed by atoms with Gasteiger partial charge in [0.05, 0.1) is 13.2 Å². The van der Waals surface area contributed by atoms with Crippen LogP contribution in [0.5, 0.6) is 0 Å². The summed E-state index contributed by atoms with van der Waals surface area (Å²) in [6, 6.07) is 1.73. The van der Waals surface area contributed by atoms with Gasteiger partial charge in [-0.3, -0.25) is 9.59 Å². The molecule has 3 N–H and O–H groups in total. The van der Waals surface area contributed by atoms with E-state index in [1.54, 1.807) is 11.0 Å². The Morgan fingerprint density at radius 3 is 2.95 bits per heavy atom. The molecule has 1 spiro atoms. The van der Waals surface area contributed by atoms with E-state index in [9.17, 15) is 9.59 Å². The Bertz CT molecular complexity index is 678. The van der Waals surface area contributed by atoms with Crippen LogP contribution < -0.4 is 11.3 Å². The summed E-state index contributed by atoms with van der Waals surface area (Å²) in [5.74, 6) is -0.200.